The lowest BCUT2D eigenvalue weighted by Crippen LogP contribution is -2.50. The molecule has 1 fully saturated rings. The fraction of sp³-hybridized carbons (Fsp3) is 0.467. The molecule has 8 heteroatoms. The second kappa shape index (κ2) is 5.45. The minimum Gasteiger partial charge on any atom is -0.361 e. The zero-order valence-corrected chi connectivity index (χ0v) is 14.3. The zero-order valence-electron chi connectivity index (χ0n) is 13.4. The van der Waals surface area contributed by atoms with Crippen molar-refractivity contribution < 1.29 is 0 Å². The van der Waals surface area contributed by atoms with Gasteiger partial charge in [-0.3, -0.25) is 0 Å². The normalized spacial score (nSPS) is 15.2. The van der Waals surface area contributed by atoms with Gasteiger partial charge in [0.2, 0.25) is 0 Å². The van der Waals surface area contributed by atoms with E-state index in [2.05, 4.69) is 44.3 Å². The number of rotatable bonds is 4. The van der Waals surface area contributed by atoms with Crippen LogP contribution in [0.2, 0.25) is 0 Å². The molecule has 0 atom stereocenters. The molecule has 0 aliphatic carbocycles. The van der Waals surface area contributed by atoms with E-state index in [1.807, 2.05) is 19.1 Å². The van der Waals surface area contributed by atoms with E-state index in [1.54, 1.807) is 15.9 Å². The van der Waals surface area contributed by atoms with Crippen LogP contribution in [0.4, 0.5) is 10.9 Å². The molecule has 0 aromatic carbocycles. The van der Waals surface area contributed by atoms with Crippen molar-refractivity contribution in [3.05, 3.63) is 28.5 Å². The van der Waals surface area contributed by atoms with Crippen molar-refractivity contribution in [1.82, 2.24) is 24.8 Å². The third kappa shape index (κ3) is 2.63. The van der Waals surface area contributed by atoms with E-state index in [0.717, 1.165) is 47.7 Å². The highest BCUT2D eigenvalue weighted by molar-refractivity contribution is 7.15. The molecule has 23 heavy (non-hydrogen) atoms. The minimum atomic E-state index is 0.624. The van der Waals surface area contributed by atoms with Gasteiger partial charge in [0.05, 0.1) is 5.69 Å². The van der Waals surface area contributed by atoms with Crippen molar-refractivity contribution in [2.24, 2.45) is 5.92 Å². The van der Waals surface area contributed by atoms with Gasteiger partial charge in [0.25, 0.3) is 0 Å². The molecule has 0 saturated carbocycles. The van der Waals surface area contributed by atoms with Gasteiger partial charge in [0, 0.05) is 30.4 Å². The molecule has 0 spiro atoms. The lowest BCUT2D eigenvalue weighted by molar-refractivity contribution is 0.425. The van der Waals surface area contributed by atoms with Crippen LogP contribution in [0.5, 0.6) is 0 Å². The molecule has 0 radical (unpaired) electrons. The van der Waals surface area contributed by atoms with E-state index in [0.29, 0.717) is 5.92 Å². The van der Waals surface area contributed by atoms with Gasteiger partial charge in [-0.1, -0.05) is 0 Å². The van der Waals surface area contributed by atoms with Crippen molar-refractivity contribution in [2.75, 3.05) is 29.9 Å². The van der Waals surface area contributed by atoms with Gasteiger partial charge >= 0.3 is 0 Å². The average molecular weight is 329 g/mol. The first-order valence-electron chi connectivity index (χ1n) is 7.72. The Morgan fingerprint density at radius 2 is 2.04 bits per heavy atom. The van der Waals surface area contributed by atoms with Crippen LogP contribution in [0.15, 0.2) is 12.1 Å². The molecule has 1 N–H and O–H groups in total. The van der Waals surface area contributed by atoms with Crippen LogP contribution in [-0.2, 0) is 0 Å². The van der Waals surface area contributed by atoms with Crippen molar-refractivity contribution in [2.45, 2.75) is 20.8 Å². The van der Waals surface area contributed by atoms with Crippen molar-refractivity contribution >= 4 is 27.9 Å². The lowest BCUT2D eigenvalue weighted by Gasteiger charge is -2.40. The summed E-state index contributed by atoms with van der Waals surface area (Å²) in [4.78, 5) is 8.08. The molecule has 3 aromatic heterocycles. The lowest BCUT2D eigenvalue weighted by atomic mass is 10.0. The Kier molecular flexibility index (Phi) is 3.41. The fourth-order valence-corrected chi connectivity index (χ4v) is 3.54. The van der Waals surface area contributed by atoms with Crippen LogP contribution < -0.4 is 10.2 Å². The van der Waals surface area contributed by atoms with E-state index in [-0.39, 0.29) is 0 Å². The molecule has 0 amide bonds. The van der Waals surface area contributed by atoms with Crippen LogP contribution in [0.3, 0.4) is 0 Å². The van der Waals surface area contributed by atoms with Crippen LogP contribution in [0.25, 0.3) is 5.65 Å². The number of anilines is 2. The molecule has 4 heterocycles. The van der Waals surface area contributed by atoms with Gasteiger partial charge in [0.15, 0.2) is 16.6 Å². The molecule has 1 aliphatic rings. The van der Waals surface area contributed by atoms with Gasteiger partial charge in [0.1, 0.15) is 5.82 Å². The molecule has 0 unspecified atom stereocenters. The first-order valence-corrected chi connectivity index (χ1v) is 8.54. The third-order valence-corrected chi connectivity index (χ3v) is 5.29. The molecular weight excluding hydrogens is 310 g/mol. The van der Waals surface area contributed by atoms with Crippen LogP contribution in [0.1, 0.15) is 16.4 Å². The predicted molar refractivity (Wildman–Crippen MR) is 91.3 cm³/mol. The molecule has 0 bridgehead atoms. The van der Waals surface area contributed by atoms with Gasteiger partial charge in [-0.05, 0) is 32.9 Å². The summed E-state index contributed by atoms with van der Waals surface area (Å²) in [5.41, 5.74) is 1.91. The van der Waals surface area contributed by atoms with Gasteiger partial charge in [-0.15, -0.1) is 26.6 Å². The first kappa shape index (κ1) is 14.4. The Morgan fingerprint density at radius 1 is 1.22 bits per heavy atom. The van der Waals surface area contributed by atoms with Gasteiger partial charge < -0.3 is 10.2 Å². The Morgan fingerprint density at radius 3 is 2.78 bits per heavy atom. The van der Waals surface area contributed by atoms with Crippen molar-refractivity contribution in [1.29, 1.82) is 0 Å². The third-order valence-electron chi connectivity index (χ3n) is 4.26. The quantitative estimate of drug-likeness (QED) is 0.790. The van der Waals surface area contributed by atoms with E-state index in [1.165, 1.54) is 4.88 Å². The number of nitrogens with zero attached hydrogens (tertiary/aromatic N) is 6. The number of hydrogen-bond donors (Lipinski definition) is 1. The summed E-state index contributed by atoms with van der Waals surface area (Å²) in [6.45, 7) is 9.05. The number of fused-ring (bicyclic) bond motifs is 1. The average Bonchev–Trinajstić information content (AvgIpc) is 3.01. The number of aryl methyl sites for hydroxylation is 3. The molecule has 120 valence electrons. The molecule has 3 aromatic rings. The zero-order chi connectivity index (χ0) is 16.0. The maximum Gasteiger partial charge on any atom is 0.183 e. The molecule has 1 aliphatic heterocycles. The summed E-state index contributed by atoms with van der Waals surface area (Å²) in [6.07, 6.45) is 0. The Bertz CT molecular complexity index is 827. The summed E-state index contributed by atoms with van der Waals surface area (Å²) < 4.78 is 1.79. The van der Waals surface area contributed by atoms with E-state index in [9.17, 15) is 0 Å². The summed E-state index contributed by atoms with van der Waals surface area (Å²) in [7, 11) is 0. The van der Waals surface area contributed by atoms with Crippen molar-refractivity contribution in [3.8, 4) is 0 Å². The molecule has 4 rings (SSSR count). The standard InChI is InChI=1S/C15H19N7S/c1-9-10(2)23-15(17-9)16-6-12-7-21(8-12)14-5-4-13-19-18-11(3)22(13)20-14/h4-5,12H,6-8H2,1-3H3,(H,16,17). The number of nitrogens with one attached hydrogen (secondary N) is 1. The topological polar surface area (TPSA) is 71.2 Å². The largest absolute Gasteiger partial charge is 0.361 e. The summed E-state index contributed by atoms with van der Waals surface area (Å²) in [6, 6.07) is 3.98. The van der Waals surface area contributed by atoms with Crippen LogP contribution >= 0.6 is 11.3 Å². The number of hydrogen-bond acceptors (Lipinski definition) is 7. The SMILES string of the molecule is Cc1nc(NCC2CN(c3ccc4nnc(C)n4n3)C2)sc1C. The Labute approximate surface area is 138 Å². The monoisotopic (exact) mass is 329 g/mol. The maximum atomic E-state index is 4.61. The molecule has 7 nitrogen and oxygen atoms in total. The first-order chi connectivity index (χ1) is 11.1. The molecule has 1 saturated heterocycles. The fourth-order valence-electron chi connectivity index (χ4n) is 2.72. The van der Waals surface area contributed by atoms with E-state index < -0.39 is 0 Å². The summed E-state index contributed by atoms with van der Waals surface area (Å²) in [5, 5.41) is 17.2. The van der Waals surface area contributed by atoms with Crippen LogP contribution in [0, 0.1) is 26.7 Å². The highest BCUT2D eigenvalue weighted by atomic mass is 32.1. The van der Waals surface area contributed by atoms with E-state index >= 15 is 0 Å². The van der Waals surface area contributed by atoms with E-state index in [4.69, 9.17) is 0 Å². The number of thiazole rings is 1. The molecular formula is C15H19N7S. The Hall–Kier alpha value is -2.22. The Balaban J connectivity index is 1.35. The van der Waals surface area contributed by atoms with Gasteiger partial charge in [-0.2, -0.15) is 4.52 Å². The maximum absolute atomic E-state index is 4.61. The predicted octanol–water partition coefficient (Wildman–Crippen LogP) is 2.05. The summed E-state index contributed by atoms with van der Waals surface area (Å²) >= 11 is 1.73. The van der Waals surface area contributed by atoms with Crippen LogP contribution in [-0.4, -0.2) is 44.4 Å². The highest BCUT2D eigenvalue weighted by Crippen LogP contribution is 2.25. The second-order valence-electron chi connectivity index (χ2n) is 6.02. The van der Waals surface area contributed by atoms with Gasteiger partial charge in [-0.25, -0.2) is 4.98 Å². The smallest absolute Gasteiger partial charge is 0.183 e. The minimum absolute atomic E-state index is 0.624. The van der Waals surface area contributed by atoms with Crippen molar-refractivity contribution in [3.63, 3.8) is 0 Å². The number of aromatic nitrogens is 5. The summed E-state index contributed by atoms with van der Waals surface area (Å²) in [5.74, 6) is 2.42. The second-order valence-corrected chi connectivity index (χ2v) is 7.22. The highest BCUT2D eigenvalue weighted by Gasteiger charge is 2.28.